The van der Waals surface area contributed by atoms with E-state index < -0.39 is 53.6 Å². The van der Waals surface area contributed by atoms with E-state index in [2.05, 4.69) is 9.72 Å². The number of imide groups is 1. The van der Waals surface area contributed by atoms with Crippen molar-refractivity contribution in [1.82, 2.24) is 9.88 Å². The largest absolute Gasteiger partial charge is 0.491 e. The fraction of sp³-hybridized carbons (Fsp3) is 0.300. The van der Waals surface area contributed by atoms with Crippen molar-refractivity contribution in [2.75, 3.05) is 4.90 Å². The van der Waals surface area contributed by atoms with E-state index in [1.807, 2.05) is 0 Å². The molecule has 3 rings (SSSR count). The Kier molecular flexibility index (Phi) is 6.57. The van der Waals surface area contributed by atoms with Gasteiger partial charge in [0.25, 0.3) is 5.72 Å². The van der Waals surface area contributed by atoms with Crippen molar-refractivity contribution >= 4 is 35.4 Å². The van der Waals surface area contributed by atoms with Crippen molar-refractivity contribution in [3.63, 3.8) is 0 Å². The van der Waals surface area contributed by atoms with Crippen molar-refractivity contribution in [2.24, 2.45) is 0 Å². The minimum atomic E-state index is -5.45. The van der Waals surface area contributed by atoms with Crippen molar-refractivity contribution in [1.29, 1.82) is 0 Å². The summed E-state index contributed by atoms with van der Waals surface area (Å²) in [6, 6.07) is 4.36. The molecule has 0 aliphatic carbocycles. The molecule has 7 nitrogen and oxygen atoms in total. The van der Waals surface area contributed by atoms with Crippen LogP contribution in [0.3, 0.4) is 0 Å². The molecule has 2 aromatic rings. The van der Waals surface area contributed by atoms with Crippen molar-refractivity contribution in [3.05, 3.63) is 53.9 Å². The minimum absolute atomic E-state index is 0.218. The number of benzene rings is 1. The molecule has 0 N–H and O–H groups in total. The van der Waals surface area contributed by atoms with E-state index in [-0.39, 0.29) is 10.6 Å². The first-order valence-electron chi connectivity index (χ1n) is 9.35. The summed E-state index contributed by atoms with van der Waals surface area (Å²) in [5.41, 5.74) is -6.53. The highest BCUT2D eigenvalue weighted by atomic mass is 32.2. The minimum Gasteiger partial charge on any atom is -0.423 e. The van der Waals surface area contributed by atoms with Crippen molar-refractivity contribution < 1.29 is 45.5 Å². The third-order valence-corrected chi connectivity index (χ3v) is 5.59. The second-order valence-electron chi connectivity index (χ2n) is 7.22. The molecule has 0 unspecified atom stereocenters. The van der Waals surface area contributed by atoms with Gasteiger partial charge in [-0.25, -0.2) is 14.5 Å². The molecule has 0 spiro atoms. The summed E-state index contributed by atoms with van der Waals surface area (Å²) in [5, 5.41) is 0. The van der Waals surface area contributed by atoms with Gasteiger partial charge in [0, 0.05) is 24.2 Å². The van der Waals surface area contributed by atoms with Gasteiger partial charge in [0.15, 0.2) is 0 Å². The number of carbonyl (C=O) groups excluding carboxylic acids is 3. The van der Waals surface area contributed by atoms with Crippen LogP contribution in [0.25, 0.3) is 0 Å². The van der Waals surface area contributed by atoms with Gasteiger partial charge in [-0.1, -0.05) is 0 Å². The fourth-order valence-electron chi connectivity index (χ4n) is 3.14. The Bertz CT molecular complexity index is 1120. The number of esters is 1. The normalized spacial score (nSPS) is 19.1. The maximum absolute atomic E-state index is 13.2. The Morgan fingerprint density at radius 1 is 1.09 bits per heavy atom. The number of aryl methyl sites for hydroxylation is 1. The smallest absolute Gasteiger partial charge is 0.423 e. The van der Waals surface area contributed by atoms with Crippen LogP contribution in [0.5, 0.6) is 0 Å². The van der Waals surface area contributed by atoms with Crippen LogP contribution in [0.15, 0.2) is 47.6 Å². The lowest BCUT2D eigenvalue weighted by molar-refractivity contribution is -0.221. The summed E-state index contributed by atoms with van der Waals surface area (Å²) in [5.74, 6) is -4.01. The average Bonchev–Trinajstić information content (AvgIpc) is 2.89. The molecule has 34 heavy (non-hydrogen) atoms. The first-order chi connectivity index (χ1) is 15.6. The van der Waals surface area contributed by atoms with Gasteiger partial charge >= 0.3 is 29.6 Å². The SMILES string of the molecule is Cc1cnccc1CN1C(=O)N(c2ccc(SC(F)(F)F)cc2)C(=O)[C@@]1(C)OC(=O)C(F)(F)F. The number of pyridine rings is 1. The number of thioether (sulfide) groups is 1. The molecule has 1 aliphatic rings. The zero-order chi connectivity index (χ0) is 25.5. The van der Waals surface area contributed by atoms with E-state index in [1.165, 1.54) is 18.5 Å². The molecule has 0 radical (unpaired) electrons. The Hall–Kier alpha value is -3.29. The highest BCUT2D eigenvalue weighted by Crippen LogP contribution is 2.39. The Labute approximate surface area is 192 Å². The van der Waals surface area contributed by atoms with Gasteiger partial charge in [-0.15, -0.1) is 0 Å². The number of rotatable bonds is 5. The highest BCUT2D eigenvalue weighted by molar-refractivity contribution is 8.00. The first kappa shape index (κ1) is 25.3. The monoisotopic (exact) mass is 507 g/mol. The first-order valence-corrected chi connectivity index (χ1v) is 10.2. The van der Waals surface area contributed by atoms with Crippen LogP contribution < -0.4 is 4.90 Å². The van der Waals surface area contributed by atoms with Crippen molar-refractivity contribution in [2.45, 2.75) is 42.7 Å². The van der Waals surface area contributed by atoms with Gasteiger partial charge in [-0.2, -0.15) is 26.3 Å². The quantitative estimate of drug-likeness (QED) is 0.251. The Morgan fingerprint density at radius 2 is 1.71 bits per heavy atom. The van der Waals surface area contributed by atoms with Crippen LogP contribution in [-0.4, -0.2) is 45.2 Å². The summed E-state index contributed by atoms with van der Waals surface area (Å²) in [6.45, 7) is 2.03. The van der Waals surface area contributed by atoms with E-state index in [9.17, 15) is 40.7 Å². The molecule has 1 fully saturated rings. The summed E-state index contributed by atoms with van der Waals surface area (Å²) < 4.78 is 80.9. The number of ether oxygens (including phenoxy) is 1. The van der Waals surface area contributed by atoms with E-state index in [0.717, 1.165) is 31.2 Å². The topological polar surface area (TPSA) is 79.8 Å². The molecule has 1 atom stereocenters. The number of aromatic nitrogens is 1. The van der Waals surface area contributed by atoms with Crippen LogP contribution in [0.1, 0.15) is 18.1 Å². The van der Waals surface area contributed by atoms with E-state index in [1.54, 1.807) is 6.92 Å². The van der Waals surface area contributed by atoms with E-state index >= 15 is 0 Å². The van der Waals surface area contributed by atoms with Gasteiger partial charge in [-0.3, -0.25) is 14.7 Å². The number of halogens is 6. The van der Waals surface area contributed by atoms with Gasteiger partial charge < -0.3 is 4.74 Å². The molecule has 0 saturated carbocycles. The lowest BCUT2D eigenvalue weighted by Gasteiger charge is -2.31. The maximum atomic E-state index is 13.2. The zero-order valence-electron chi connectivity index (χ0n) is 17.4. The molecule has 2 heterocycles. The number of anilines is 1. The lowest BCUT2D eigenvalue weighted by atomic mass is 10.1. The number of alkyl halides is 6. The summed E-state index contributed by atoms with van der Waals surface area (Å²) in [4.78, 5) is 42.6. The molecular weight excluding hydrogens is 492 g/mol. The van der Waals surface area contributed by atoms with E-state index in [0.29, 0.717) is 20.9 Å². The fourth-order valence-corrected chi connectivity index (χ4v) is 3.68. The van der Waals surface area contributed by atoms with Crippen molar-refractivity contribution in [3.8, 4) is 0 Å². The molecule has 1 aromatic carbocycles. The van der Waals surface area contributed by atoms with Gasteiger partial charge in [-0.05, 0) is 60.1 Å². The van der Waals surface area contributed by atoms with Crippen LogP contribution >= 0.6 is 11.8 Å². The van der Waals surface area contributed by atoms with Crippen LogP contribution in [0.4, 0.5) is 36.8 Å². The standard InChI is InChI=1S/C20H15F6N3O4S/c1-11-9-27-8-7-12(11)10-28-17(32)29(13-3-5-14(6-4-13)34-20(24,25)26)15(30)18(28,2)33-16(31)19(21,22)23/h3-9H,10H2,1-2H3/t18-/m1/s1. The van der Waals surface area contributed by atoms with Gasteiger partial charge in [0.2, 0.25) is 0 Å². The second-order valence-corrected chi connectivity index (χ2v) is 8.36. The molecular formula is C20H15F6N3O4S. The summed E-state index contributed by atoms with van der Waals surface area (Å²) in [6.07, 6.45) is -2.67. The predicted molar refractivity (Wildman–Crippen MR) is 106 cm³/mol. The number of amides is 3. The molecule has 3 amide bonds. The molecule has 182 valence electrons. The maximum Gasteiger partial charge on any atom is 0.491 e. The van der Waals surface area contributed by atoms with Crippen LogP contribution in [0, 0.1) is 6.92 Å². The predicted octanol–water partition coefficient (Wildman–Crippen LogP) is 4.79. The third kappa shape index (κ3) is 5.11. The number of urea groups is 1. The number of hydrogen-bond donors (Lipinski definition) is 0. The van der Waals surface area contributed by atoms with Gasteiger partial charge in [0.1, 0.15) is 0 Å². The molecule has 0 bridgehead atoms. The summed E-state index contributed by atoms with van der Waals surface area (Å²) in [7, 11) is 0. The zero-order valence-corrected chi connectivity index (χ0v) is 18.2. The van der Waals surface area contributed by atoms with E-state index in [4.69, 9.17) is 0 Å². The number of nitrogens with zero attached hydrogens (tertiary/aromatic N) is 3. The average molecular weight is 507 g/mol. The lowest BCUT2D eigenvalue weighted by Crippen LogP contribution is -2.52. The Balaban J connectivity index is 2.01. The van der Waals surface area contributed by atoms with Gasteiger partial charge in [0.05, 0.1) is 12.2 Å². The third-order valence-electron chi connectivity index (χ3n) is 4.85. The Morgan fingerprint density at radius 3 is 2.24 bits per heavy atom. The highest BCUT2D eigenvalue weighted by Gasteiger charge is 2.60. The summed E-state index contributed by atoms with van der Waals surface area (Å²) >= 11 is -0.431. The van der Waals surface area contributed by atoms with Crippen LogP contribution in [-0.2, 0) is 20.9 Å². The molecule has 1 aromatic heterocycles. The number of hydrogen-bond acceptors (Lipinski definition) is 6. The molecule has 1 aliphatic heterocycles. The second kappa shape index (κ2) is 8.81. The number of carbonyl (C=O) groups is 3. The van der Waals surface area contributed by atoms with Crippen LogP contribution in [0.2, 0.25) is 0 Å². The molecule has 1 saturated heterocycles. The molecule has 14 heteroatoms.